The van der Waals surface area contributed by atoms with Gasteiger partial charge in [0.05, 0.1) is 6.54 Å². The third kappa shape index (κ3) is 3.71. The van der Waals surface area contributed by atoms with Gasteiger partial charge in [0.1, 0.15) is 6.61 Å². The molecule has 0 atom stereocenters. The molecule has 6 nitrogen and oxygen atoms in total. The number of methoxy groups -OCH3 is 1. The van der Waals surface area contributed by atoms with Gasteiger partial charge in [0.2, 0.25) is 0 Å². The van der Waals surface area contributed by atoms with E-state index in [1.165, 1.54) is 16.8 Å². The van der Waals surface area contributed by atoms with Crippen LogP contribution in [0.1, 0.15) is 22.8 Å². The topological polar surface area (TPSA) is 54.6 Å². The molecule has 0 spiro atoms. The Hall–Kier alpha value is -1.92. The van der Waals surface area contributed by atoms with Crippen molar-refractivity contribution in [3.05, 3.63) is 41.0 Å². The maximum absolute atomic E-state index is 5.14. The van der Waals surface area contributed by atoms with Crippen LogP contribution in [0.5, 0.6) is 0 Å². The highest BCUT2D eigenvalue weighted by Crippen LogP contribution is 2.24. The number of hydrogen-bond acceptors (Lipinski definition) is 6. The maximum Gasteiger partial charge on any atom is 0.252 e. The first-order valence-electron chi connectivity index (χ1n) is 8.01. The highest BCUT2D eigenvalue weighted by molar-refractivity contribution is 5.56. The second-order valence-electron chi connectivity index (χ2n) is 6.02. The van der Waals surface area contributed by atoms with Gasteiger partial charge < -0.3 is 14.2 Å². The van der Waals surface area contributed by atoms with E-state index in [0.717, 1.165) is 38.5 Å². The molecule has 0 saturated carbocycles. The van der Waals surface area contributed by atoms with Crippen LogP contribution in [0.2, 0.25) is 0 Å². The lowest BCUT2D eigenvalue weighted by atomic mass is 10.1. The van der Waals surface area contributed by atoms with Crippen molar-refractivity contribution in [1.82, 2.24) is 15.0 Å². The summed E-state index contributed by atoms with van der Waals surface area (Å²) in [4.78, 5) is 9.17. The molecule has 0 N–H and O–H groups in total. The van der Waals surface area contributed by atoms with E-state index in [4.69, 9.17) is 9.26 Å². The standard InChI is InChI=1S/C17H24N4O2/c1-13-5-4-6-15(14(13)2)21-9-7-20(8-10-21)11-16-18-17(12-22-3)23-19-16/h4-6H,7-12H2,1-3H3. The SMILES string of the molecule is COCc1nc(CN2CCN(c3cccc(C)c3C)CC2)no1. The van der Waals surface area contributed by atoms with Crippen LogP contribution < -0.4 is 4.90 Å². The first-order valence-corrected chi connectivity index (χ1v) is 8.01. The summed E-state index contributed by atoms with van der Waals surface area (Å²) in [5.74, 6) is 1.27. The van der Waals surface area contributed by atoms with Crippen molar-refractivity contribution in [3.8, 4) is 0 Å². The third-order valence-electron chi connectivity index (χ3n) is 4.43. The van der Waals surface area contributed by atoms with Crippen LogP contribution in [0, 0.1) is 13.8 Å². The van der Waals surface area contributed by atoms with E-state index in [0.29, 0.717) is 12.5 Å². The van der Waals surface area contributed by atoms with E-state index < -0.39 is 0 Å². The lowest BCUT2D eigenvalue weighted by molar-refractivity contribution is 0.151. The second-order valence-corrected chi connectivity index (χ2v) is 6.02. The Bertz CT molecular complexity index is 648. The number of aromatic nitrogens is 2. The maximum atomic E-state index is 5.14. The van der Waals surface area contributed by atoms with Crippen molar-refractivity contribution in [3.63, 3.8) is 0 Å². The molecule has 1 fully saturated rings. The van der Waals surface area contributed by atoms with Crippen molar-refractivity contribution in [2.45, 2.75) is 27.0 Å². The van der Waals surface area contributed by atoms with E-state index in [-0.39, 0.29) is 0 Å². The Balaban J connectivity index is 1.56. The summed E-state index contributed by atoms with van der Waals surface area (Å²) < 4.78 is 10.1. The molecule has 0 unspecified atom stereocenters. The lowest BCUT2D eigenvalue weighted by Crippen LogP contribution is -2.46. The van der Waals surface area contributed by atoms with Gasteiger partial charge in [0, 0.05) is 39.0 Å². The minimum atomic E-state index is 0.368. The second kappa shape index (κ2) is 7.10. The number of nitrogens with zero attached hydrogens (tertiary/aromatic N) is 4. The zero-order valence-corrected chi connectivity index (χ0v) is 14.1. The number of rotatable bonds is 5. The average molecular weight is 316 g/mol. The molecule has 0 aliphatic carbocycles. The molecule has 2 aromatic rings. The smallest absolute Gasteiger partial charge is 0.252 e. The highest BCUT2D eigenvalue weighted by atomic mass is 16.5. The molecule has 124 valence electrons. The Labute approximate surface area is 137 Å². The molecule has 23 heavy (non-hydrogen) atoms. The predicted molar refractivity (Wildman–Crippen MR) is 88.4 cm³/mol. The average Bonchev–Trinajstić information content (AvgIpc) is 2.99. The van der Waals surface area contributed by atoms with E-state index in [9.17, 15) is 0 Å². The first kappa shape index (κ1) is 16.0. The summed E-state index contributed by atoms with van der Waals surface area (Å²) >= 11 is 0. The molecule has 6 heteroatoms. The van der Waals surface area contributed by atoms with Gasteiger partial charge in [0.25, 0.3) is 5.89 Å². The molecule has 1 aliphatic rings. The Morgan fingerprint density at radius 3 is 2.70 bits per heavy atom. The summed E-state index contributed by atoms with van der Waals surface area (Å²) in [5, 5.41) is 4.01. The Kier molecular flexibility index (Phi) is 4.93. The third-order valence-corrected chi connectivity index (χ3v) is 4.43. The van der Waals surface area contributed by atoms with Crippen LogP contribution in [0.4, 0.5) is 5.69 Å². The van der Waals surface area contributed by atoms with Crippen LogP contribution in [0.25, 0.3) is 0 Å². The van der Waals surface area contributed by atoms with Crippen molar-refractivity contribution in [2.24, 2.45) is 0 Å². The van der Waals surface area contributed by atoms with Gasteiger partial charge in [-0.05, 0) is 31.0 Å². The van der Waals surface area contributed by atoms with E-state index in [1.807, 2.05) is 0 Å². The molecule has 1 aromatic heterocycles. The number of anilines is 1. The van der Waals surface area contributed by atoms with Gasteiger partial charge in [-0.1, -0.05) is 17.3 Å². The summed E-state index contributed by atoms with van der Waals surface area (Å²) in [6.07, 6.45) is 0. The number of benzene rings is 1. The van der Waals surface area contributed by atoms with Crippen LogP contribution in [-0.2, 0) is 17.9 Å². The van der Waals surface area contributed by atoms with Crippen molar-refractivity contribution < 1.29 is 9.26 Å². The molecule has 1 aromatic carbocycles. The van der Waals surface area contributed by atoms with Crippen molar-refractivity contribution in [1.29, 1.82) is 0 Å². The van der Waals surface area contributed by atoms with Crippen LogP contribution in [0.15, 0.2) is 22.7 Å². The number of aryl methyl sites for hydroxylation is 1. The van der Waals surface area contributed by atoms with Gasteiger partial charge in [-0.3, -0.25) is 4.90 Å². The van der Waals surface area contributed by atoms with Gasteiger partial charge in [-0.2, -0.15) is 4.98 Å². The quantitative estimate of drug-likeness (QED) is 0.842. The molecular formula is C17H24N4O2. The van der Waals surface area contributed by atoms with Gasteiger partial charge in [0.15, 0.2) is 5.82 Å². The molecule has 1 saturated heterocycles. The summed E-state index contributed by atoms with van der Waals surface area (Å²) in [5.41, 5.74) is 4.08. The van der Waals surface area contributed by atoms with Crippen LogP contribution in [-0.4, -0.2) is 48.3 Å². The molecule has 2 heterocycles. The molecule has 3 rings (SSSR count). The number of ether oxygens (including phenoxy) is 1. The van der Waals surface area contributed by atoms with Crippen LogP contribution in [0.3, 0.4) is 0 Å². The minimum absolute atomic E-state index is 0.368. The van der Waals surface area contributed by atoms with E-state index in [1.54, 1.807) is 7.11 Å². The fraction of sp³-hybridized carbons (Fsp3) is 0.529. The summed E-state index contributed by atoms with van der Waals surface area (Å²) in [6, 6.07) is 6.53. The van der Waals surface area contributed by atoms with E-state index in [2.05, 4.69) is 52.0 Å². The van der Waals surface area contributed by atoms with Crippen molar-refractivity contribution in [2.75, 3.05) is 38.2 Å². The molecule has 0 radical (unpaired) electrons. The summed E-state index contributed by atoms with van der Waals surface area (Å²) in [7, 11) is 1.62. The fourth-order valence-electron chi connectivity index (χ4n) is 2.96. The molecule has 0 bridgehead atoms. The predicted octanol–water partition coefficient (Wildman–Crippen LogP) is 2.16. The van der Waals surface area contributed by atoms with Crippen molar-refractivity contribution >= 4 is 5.69 Å². The van der Waals surface area contributed by atoms with Crippen LogP contribution >= 0.6 is 0 Å². The molecule has 0 amide bonds. The zero-order valence-electron chi connectivity index (χ0n) is 14.1. The largest absolute Gasteiger partial charge is 0.375 e. The normalized spacial score (nSPS) is 16.0. The monoisotopic (exact) mass is 316 g/mol. The molecule has 1 aliphatic heterocycles. The van der Waals surface area contributed by atoms with Gasteiger partial charge in [-0.25, -0.2) is 0 Å². The Morgan fingerprint density at radius 2 is 1.96 bits per heavy atom. The zero-order chi connectivity index (χ0) is 16.2. The first-order chi connectivity index (χ1) is 11.2. The Morgan fingerprint density at radius 1 is 1.17 bits per heavy atom. The van der Waals surface area contributed by atoms with Gasteiger partial charge in [-0.15, -0.1) is 0 Å². The minimum Gasteiger partial charge on any atom is -0.375 e. The van der Waals surface area contributed by atoms with Gasteiger partial charge >= 0.3 is 0 Å². The fourth-order valence-corrected chi connectivity index (χ4v) is 2.96. The highest BCUT2D eigenvalue weighted by Gasteiger charge is 2.20. The van der Waals surface area contributed by atoms with E-state index >= 15 is 0 Å². The lowest BCUT2D eigenvalue weighted by Gasteiger charge is -2.36. The number of hydrogen-bond donors (Lipinski definition) is 0. The summed E-state index contributed by atoms with van der Waals surface area (Å²) in [6.45, 7) is 9.51. The molecular weight excluding hydrogens is 292 g/mol. The number of piperazine rings is 1.